The van der Waals surface area contributed by atoms with Crippen molar-refractivity contribution in [2.75, 3.05) is 0 Å². The Hall–Kier alpha value is -2.87. The van der Waals surface area contributed by atoms with E-state index in [2.05, 4.69) is 0 Å². The van der Waals surface area contributed by atoms with E-state index in [0.29, 0.717) is 11.1 Å². The van der Waals surface area contributed by atoms with Crippen LogP contribution in [0.2, 0.25) is 0 Å². The average molecular weight is 285 g/mol. The van der Waals surface area contributed by atoms with E-state index in [1.54, 1.807) is 30.3 Å². The van der Waals surface area contributed by atoms with E-state index in [1.165, 1.54) is 18.2 Å². The van der Waals surface area contributed by atoms with Crippen LogP contribution in [0, 0.1) is 17.1 Å². The number of carboxylic acid groups (broad SMARTS) is 1. The Morgan fingerprint density at radius 2 is 1.90 bits per heavy atom. The van der Waals surface area contributed by atoms with E-state index in [0.717, 1.165) is 0 Å². The van der Waals surface area contributed by atoms with Gasteiger partial charge in [0.05, 0.1) is 6.42 Å². The summed E-state index contributed by atoms with van der Waals surface area (Å²) in [6, 6.07) is 12.8. The Morgan fingerprint density at radius 3 is 2.57 bits per heavy atom. The van der Waals surface area contributed by atoms with Crippen LogP contribution in [0.15, 0.2) is 42.5 Å². The van der Waals surface area contributed by atoms with Gasteiger partial charge < -0.3 is 9.84 Å². The molecule has 2 aromatic carbocycles. The third kappa shape index (κ3) is 3.57. The van der Waals surface area contributed by atoms with Crippen LogP contribution in [-0.2, 0) is 17.8 Å². The molecule has 0 saturated carbocycles. The minimum Gasteiger partial charge on any atom is -0.487 e. The highest BCUT2D eigenvalue weighted by molar-refractivity contribution is 5.70. The summed E-state index contributed by atoms with van der Waals surface area (Å²) < 4.78 is 18.9. The minimum atomic E-state index is -0.939. The van der Waals surface area contributed by atoms with Gasteiger partial charge in [0, 0.05) is 0 Å². The maximum atomic E-state index is 13.4. The van der Waals surface area contributed by atoms with Crippen LogP contribution in [-0.4, -0.2) is 11.1 Å². The number of halogens is 1. The van der Waals surface area contributed by atoms with Crippen LogP contribution in [0.25, 0.3) is 0 Å². The van der Waals surface area contributed by atoms with Crippen molar-refractivity contribution in [1.29, 1.82) is 5.26 Å². The zero-order valence-corrected chi connectivity index (χ0v) is 11.0. The fourth-order valence-corrected chi connectivity index (χ4v) is 1.92. The van der Waals surface area contributed by atoms with Crippen LogP contribution < -0.4 is 4.74 Å². The normalized spacial score (nSPS) is 9.90. The summed E-state index contributed by atoms with van der Waals surface area (Å²) in [6.07, 6.45) is -0.117. The molecule has 0 aliphatic rings. The molecule has 1 N–H and O–H groups in total. The maximum absolute atomic E-state index is 13.4. The Morgan fingerprint density at radius 1 is 1.19 bits per heavy atom. The van der Waals surface area contributed by atoms with Crippen LogP contribution in [0.3, 0.4) is 0 Å². The molecule has 0 atom stereocenters. The van der Waals surface area contributed by atoms with Gasteiger partial charge in [-0.05, 0) is 23.3 Å². The number of carboxylic acids is 1. The van der Waals surface area contributed by atoms with E-state index in [-0.39, 0.29) is 24.3 Å². The quantitative estimate of drug-likeness (QED) is 0.917. The third-order valence-corrected chi connectivity index (χ3v) is 2.93. The highest BCUT2D eigenvalue weighted by Gasteiger charge is 2.11. The van der Waals surface area contributed by atoms with Crippen molar-refractivity contribution in [3.05, 3.63) is 65.0 Å². The summed E-state index contributed by atoms with van der Waals surface area (Å²) in [7, 11) is 0. The fraction of sp³-hybridized carbons (Fsp3) is 0.125. The summed E-state index contributed by atoms with van der Waals surface area (Å²) in [6.45, 7) is 0.0710. The summed E-state index contributed by atoms with van der Waals surface area (Å²) in [5.74, 6) is -1.44. The number of carbonyl (C=O) groups is 1. The molecule has 2 aromatic rings. The lowest BCUT2D eigenvalue weighted by Gasteiger charge is -2.11. The summed E-state index contributed by atoms with van der Waals surface area (Å²) in [5, 5.41) is 17.8. The summed E-state index contributed by atoms with van der Waals surface area (Å²) in [4.78, 5) is 10.8. The summed E-state index contributed by atoms with van der Waals surface area (Å²) >= 11 is 0. The summed E-state index contributed by atoms with van der Waals surface area (Å²) in [5.41, 5.74) is 1.15. The largest absolute Gasteiger partial charge is 0.487 e. The molecule has 106 valence electrons. The minimum absolute atomic E-state index is 0.0710. The number of hydrogen-bond acceptors (Lipinski definition) is 3. The molecule has 0 bridgehead atoms. The van der Waals surface area contributed by atoms with Crippen molar-refractivity contribution < 1.29 is 19.0 Å². The van der Waals surface area contributed by atoms with Crippen molar-refractivity contribution in [3.8, 4) is 11.8 Å². The first kappa shape index (κ1) is 14.5. The van der Waals surface area contributed by atoms with Gasteiger partial charge in [-0.1, -0.05) is 30.3 Å². The third-order valence-electron chi connectivity index (χ3n) is 2.93. The van der Waals surface area contributed by atoms with E-state index in [4.69, 9.17) is 15.1 Å². The Bertz CT molecular complexity index is 707. The number of nitriles is 1. The maximum Gasteiger partial charge on any atom is 0.307 e. The van der Waals surface area contributed by atoms with Crippen molar-refractivity contribution in [3.63, 3.8) is 0 Å². The Balaban J connectivity index is 2.20. The lowest BCUT2D eigenvalue weighted by Crippen LogP contribution is -2.06. The lowest BCUT2D eigenvalue weighted by molar-refractivity contribution is -0.136. The number of ether oxygens (including phenoxy) is 1. The van der Waals surface area contributed by atoms with Crippen LogP contribution in [0.4, 0.5) is 4.39 Å². The van der Waals surface area contributed by atoms with E-state index < -0.39 is 11.8 Å². The zero-order valence-electron chi connectivity index (χ0n) is 11.0. The van der Waals surface area contributed by atoms with Gasteiger partial charge in [-0.25, -0.2) is 4.39 Å². The average Bonchev–Trinajstić information content (AvgIpc) is 2.46. The van der Waals surface area contributed by atoms with E-state index >= 15 is 0 Å². The van der Waals surface area contributed by atoms with Crippen molar-refractivity contribution in [2.45, 2.75) is 13.0 Å². The molecule has 0 aromatic heterocycles. The van der Waals surface area contributed by atoms with Crippen LogP contribution >= 0.6 is 0 Å². The molecule has 0 heterocycles. The molecule has 0 spiro atoms. The number of nitrogens with zero attached hydrogens (tertiary/aromatic N) is 1. The first-order valence-corrected chi connectivity index (χ1v) is 6.22. The molecular formula is C16H12FNO3. The van der Waals surface area contributed by atoms with Gasteiger partial charge >= 0.3 is 5.97 Å². The second kappa shape index (κ2) is 6.53. The molecule has 0 aliphatic carbocycles. The molecule has 0 unspecified atom stereocenters. The van der Waals surface area contributed by atoms with Crippen molar-refractivity contribution in [2.24, 2.45) is 0 Å². The standard InChI is InChI=1S/C16H12FNO3/c17-14-6-3-7-15(13(14)9-18)21-10-12-5-2-1-4-11(12)8-16(19)20/h1-7H,8,10H2,(H,19,20). The molecule has 0 aliphatic heterocycles. The van der Waals surface area contributed by atoms with E-state index in [1.807, 2.05) is 0 Å². The first-order valence-electron chi connectivity index (χ1n) is 6.22. The highest BCUT2D eigenvalue weighted by atomic mass is 19.1. The molecule has 2 rings (SSSR count). The highest BCUT2D eigenvalue weighted by Crippen LogP contribution is 2.22. The first-order chi connectivity index (χ1) is 10.1. The fourth-order valence-electron chi connectivity index (χ4n) is 1.92. The van der Waals surface area contributed by atoms with Gasteiger partial charge in [-0.2, -0.15) is 5.26 Å². The SMILES string of the molecule is N#Cc1c(F)cccc1OCc1ccccc1CC(=O)O. The van der Waals surface area contributed by atoms with Gasteiger partial charge in [-0.3, -0.25) is 4.79 Å². The van der Waals surface area contributed by atoms with Crippen LogP contribution in [0.1, 0.15) is 16.7 Å². The van der Waals surface area contributed by atoms with Crippen molar-refractivity contribution >= 4 is 5.97 Å². The molecule has 0 fully saturated rings. The van der Waals surface area contributed by atoms with Gasteiger partial charge in [0.1, 0.15) is 29.8 Å². The predicted molar refractivity (Wildman–Crippen MR) is 73.2 cm³/mol. The number of rotatable bonds is 5. The molecule has 0 amide bonds. The predicted octanol–water partition coefficient (Wildman–Crippen LogP) is 2.90. The van der Waals surface area contributed by atoms with Gasteiger partial charge in [0.25, 0.3) is 0 Å². The second-order valence-corrected chi connectivity index (χ2v) is 4.35. The second-order valence-electron chi connectivity index (χ2n) is 4.35. The lowest BCUT2D eigenvalue weighted by atomic mass is 10.1. The molecule has 0 saturated heterocycles. The monoisotopic (exact) mass is 285 g/mol. The van der Waals surface area contributed by atoms with Gasteiger partial charge in [0.2, 0.25) is 0 Å². The smallest absolute Gasteiger partial charge is 0.307 e. The molecular weight excluding hydrogens is 273 g/mol. The number of benzene rings is 2. The number of hydrogen-bond donors (Lipinski definition) is 1. The Kier molecular flexibility index (Phi) is 4.52. The molecule has 5 heteroatoms. The van der Waals surface area contributed by atoms with Gasteiger partial charge in [-0.15, -0.1) is 0 Å². The molecule has 21 heavy (non-hydrogen) atoms. The van der Waals surface area contributed by atoms with Crippen LogP contribution in [0.5, 0.6) is 5.75 Å². The molecule has 0 radical (unpaired) electrons. The van der Waals surface area contributed by atoms with Gasteiger partial charge in [0.15, 0.2) is 0 Å². The molecule has 4 nitrogen and oxygen atoms in total. The number of aliphatic carboxylic acids is 1. The van der Waals surface area contributed by atoms with E-state index in [9.17, 15) is 9.18 Å². The van der Waals surface area contributed by atoms with Crippen molar-refractivity contribution in [1.82, 2.24) is 0 Å². The topological polar surface area (TPSA) is 70.3 Å². The Labute approximate surface area is 121 Å². The zero-order chi connectivity index (χ0) is 15.2.